The van der Waals surface area contributed by atoms with Crippen molar-refractivity contribution in [3.8, 4) is 12.3 Å². The average molecular weight is 256 g/mol. The third-order valence-electron chi connectivity index (χ3n) is 2.45. The van der Waals surface area contributed by atoms with Crippen LogP contribution in [-0.4, -0.2) is 13.0 Å². The van der Waals surface area contributed by atoms with E-state index in [4.69, 9.17) is 15.4 Å². The Balaban J connectivity index is 2.84. The molecule has 0 aromatic carbocycles. The number of unbranched alkanes of at least 4 members (excludes halogenated alkanes) is 3. The summed E-state index contributed by atoms with van der Waals surface area (Å²) in [7, 11) is -4.25. The van der Waals surface area contributed by atoms with Crippen molar-refractivity contribution in [1.29, 1.82) is 0 Å². The van der Waals surface area contributed by atoms with Gasteiger partial charge in [-0.3, -0.25) is 4.55 Å². The standard InChI is InChI=1S/C12H16O4S/c1-3-5-6-7-8-11-12(17(13,14)15)9-10(4-2)16-11/h2,9H,3,5-8H2,1H3,(H,13,14,15). The minimum atomic E-state index is -4.25. The van der Waals surface area contributed by atoms with Crippen LogP contribution in [0.3, 0.4) is 0 Å². The van der Waals surface area contributed by atoms with Gasteiger partial charge in [0.2, 0.25) is 0 Å². The van der Waals surface area contributed by atoms with Crippen LogP contribution in [0.25, 0.3) is 0 Å². The molecule has 0 radical (unpaired) electrons. The number of furan rings is 1. The number of terminal acetylenes is 1. The van der Waals surface area contributed by atoms with Crippen LogP contribution in [0.5, 0.6) is 0 Å². The van der Waals surface area contributed by atoms with Crippen molar-refractivity contribution in [2.45, 2.75) is 43.9 Å². The summed E-state index contributed by atoms with van der Waals surface area (Å²) >= 11 is 0. The van der Waals surface area contributed by atoms with E-state index in [1.54, 1.807) is 0 Å². The van der Waals surface area contributed by atoms with E-state index < -0.39 is 10.1 Å². The SMILES string of the molecule is C#Cc1cc(S(=O)(=O)O)c(CCCCCC)o1. The molecule has 0 saturated carbocycles. The lowest BCUT2D eigenvalue weighted by molar-refractivity contribution is 0.458. The van der Waals surface area contributed by atoms with Gasteiger partial charge in [0.25, 0.3) is 10.1 Å². The van der Waals surface area contributed by atoms with Crippen molar-refractivity contribution in [3.63, 3.8) is 0 Å². The fourth-order valence-electron chi connectivity index (χ4n) is 1.59. The minimum Gasteiger partial charge on any atom is -0.451 e. The smallest absolute Gasteiger partial charge is 0.298 e. The normalized spacial score (nSPS) is 11.4. The van der Waals surface area contributed by atoms with Gasteiger partial charge in [0, 0.05) is 12.5 Å². The molecule has 0 unspecified atom stereocenters. The monoisotopic (exact) mass is 256 g/mol. The Hall–Kier alpha value is -1.25. The Morgan fingerprint density at radius 1 is 1.41 bits per heavy atom. The van der Waals surface area contributed by atoms with Crippen LogP contribution in [0.2, 0.25) is 0 Å². The van der Waals surface area contributed by atoms with Gasteiger partial charge >= 0.3 is 0 Å². The topological polar surface area (TPSA) is 67.5 Å². The highest BCUT2D eigenvalue weighted by molar-refractivity contribution is 7.85. The lowest BCUT2D eigenvalue weighted by Gasteiger charge is -1.99. The predicted octanol–water partition coefficient (Wildman–Crippen LogP) is 2.63. The Kier molecular flexibility index (Phi) is 4.79. The summed E-state index contributed by atoms with van der Waals surface area (Å²) in [5, 5.41) is 0. The summed E-state index contributed by atoms with van der Waals surface area (Å²) in [4.78, 5) is -0.207. The van der Waals surface area contributed by atoms with Gasteiger partial charge < -0.3 is 4.42 Å². The molecule has 0 amide bonds. The zero-order chi connectivity index (χ0) is 12.9. The third kappa shape index (κ3) is 3.91. The van der Waals surface area contributed by atoms with Crippen molar-refractivity contribution in [2.75, 3.05) is 0 Å². The van der Waals surface area contributed by atoms with Crippen LogP contribution in [0, 0.1) is 12.3 Å². The highest BCUT2D eigenvalue weighted by atomic mass is 32.2. The van der Waals surface area contributed by atoms with E-state index in [1.807, 2.05) is 0 Å². The summed E-state index contributed by atoms with van der Waals surface area (Å²) in [6.07, 6.45) is 9.59. The average Bonchev–Trinajstić information content (AvgIpc) is 2.67. The molecule has 0 saturated heterocycles. The summed E-state index contributed by atoms with van der Waals surface area (Å²) in [6.45, 7) is 2.09. The quantitative estimate of drug-likeness (QED) is 0.482. The Bertz CT molecular complexity index is 505. The van der Waals surface area contributed by atoms with Crippen LogP contribution >= 0.6 is 0 Å². The largest absolute Gasteiger partial charge is 0.451 e. The van der Waals surface area contributed by atoms with Gasteiger partial charge in [-0.1, -0.05) is 26.2 Å². The molecular weight excluding hydrogens is 240 g/mol. The molecule has 1 aromatic rings. The molecule has 0 aliphatic heterocycles. The van der Waals surface area contributed by atoms with Crippen LogP contribution in [0.4, 0.5) is 0 Å². The zero-order valence-corrected chi connectivity index (χ0v) is 10.6. The first-order valence-corrected chi connectivity index (χ1v) is 7.00. The Labute approximate surface area is 102 Å². The van der Waals surface area contributed by atoms with Crippen LogP contribution in [0.1, 0.15) is 44.1 Å². The highest BCUT2D eigenvalue weighted by Gasteiger charge is 2.20. The fourth-order valence-corrected chi connectivity index (χ4v) is 2.28. The second-order valence-electron chi connectivity index (χ2n) is 3.83. The van der Waals surface area contributed by atoms with Gasteiger partial charge in [-0.25, -0.2) is 0 Å². The number of rotatable bonds is 6. The van der Waals surface area contributed by atoms with Gasteiger partial charge in [0.05, 0.1) is 0 Å². The molecule has 0 spiro atoms. The van der Waals surface area contributed by atoms with Crippen molar-refractivity contribution in [1.82, 2.24) is 0 Å². The maximum absolute atomic E-state index is 11.1. The lowest BCUT2D eigenvalue weighted by atomic mass is 10.1. The molecule has 0 bridgehead atoms. The summed E-state index contributed by atoms with van der Waals surface area (Å²) in [6, 6.07) is 1.19. The predicted molar refractivity (Wildman–Crippen MR) is 64.3 cm³/mol. The number of hydrogen-bond acceptors (Lipinski definition) is 3. The number of hydrogen-bond donors (Lipinski definition) is 1. The van der Waals surface area contributed by atoms with Crippen LogP contribution < -0.4 is 0 Å². The maximum Gasteiger partial charge on any atom is 0.298 e. The second kappa shape index (κ2) is 5.89. The summed E-state index contributed by atoms with van der Waals surface area (Å²) in [5.74, 6) is 2.59. The Morgan fingerprint density at radius 2 is 2.12 bits per heavy atom. The van der Waals surface area contributed by atoms with Gasteiger partial charge in [-0.2, -0.15) is 8.42 Å². The Morgan fingerprint density at radius 3 is 2.65 bits per heavy atom. The molecule has 0 atom stereocenters. The molecule has 5 heteroatoms. The molecule has 0 aliphatic carbocycles. The first-order chi connectivity index (χ1) is 7.99. The van der Waals surface area contributed by atoms with Crippen molar-refractivity contribution in [2.24, 2.45) is 0 Å². The summed E-state index contributed by atoms with van der Waals surface area (Å²) < 4.78 is 36.4. The summed E-state index contributed by atoms with van der Waals surface area (Å²) in [5.41, 5.74) is 0. The molecule has 0 aliphatic rings. The highest BCUT2D eigenvalue weighted by Crippen LogP contribution is 2.22. The minimum absolute atomic E-state index is 0.128. The van der Waals surface area contributed by atoms with Gasteiger partial charge in [0.15, 0.2) is 5.76 Å². The lowest BCUT2D eigenvalue weighted by Crippen LogP contribution is -2.00. The molecule has 1 rings (SSSR count). The van der Waals surface area contributed by atoms with E-state index in [2.05, 4.69) is 12.8 Å². The van der Waals surface area contributed by atoms with Gasteiger partial charge in [-0.05, 0) is 12.3 Å². The van der Waals surface area contributed by atoms with Gasteiger partial charge in [0.1, 0.15) is 10.7 Å². The molecule has 4 nitrogen and oxygen atoms in total. The molecule has 0 fully saturated rings. The van der Waals surface area contributed by atoms with Crippen molar-refractivity contribution >= 4 is 10.1 Å². The van der Waals surface area contributed by atoms with E-state index in [1.165, 1.54) is 6.07 Å². The van der Waals surface area contributed by atoms with Crippen molar-refractivity contribution in [3.05, 3.63) is 17.6 Å². The zero-order valence-electron chi connectivity index (χ0n) is 9.77. The third-order valence-corrected chi connectivity index (χ3v) is 3.35. The molecule has 1 N–H and O–H groups in total. The van der Waals surface area contributed by atoms with Crippen molar-refractivity contribution < 1.29 is 17.4 Å². The van der Waals surface area contributed by atoms with Crippen LogP contribution in [-0.2, 0) is 16.5 Å². The molecule has 1 aromatic heterocycles. The molecule has 94 valence electrons. The first kappa shape index (κ1) is 13.8. The molecular formula is C12H16O4S. The second-order valence-corrected chi connectivity index (χ2v) is 5.22. The van der Waals surface area contributed by atoms with E-state index in [9.17, 15) is 8.42 Å². The van der Waals surface area contributed by atoms with E-state index in [0.29, 0.717) is 6.42 Å². The van der Waals surface area contributed by atoms with E-state index in [-0.39, 0.29) is 16.4 Å². The first-order valence-electron chi connectivity index (χ1n) is 5.55. The van der Waals surface area contributed by atoms with Gasteiger partial charge in [-0.15, -0.1) is 6.42 Å². The molecule has 17 heavy (non-hydrogen) atoms. The number of aryl methyl sites for hydroxylation is 1. The van der Waals surface area contributed by atoms with E-state index >= 15 is 0 Å². The van der Waals surface area contributed by atoms with E-state index in [0.717, 1.165) is 25.7 Å². The maximum atomic E-state index is 11.1. The fraction of sp³-hybridized carbons (Fsp3) is 0.500. The van der Waals surface area contributed by atoms with Crippen LogP contribution in [0.15, 0.2) is 15.4 Å². The molecule has 1 heterocycles.